The Kier molecular flexibility index (Phi) is 6.46. The summed E-state index contributed by atoms with van der Waals surface area (Å²) in [6.45, 7) is 4.75. The van der Waals surface area contributed by atoms with Gasteiger partial charge in [-0.25, -0.2) is 4.98 Å². The summed E-state index contributed by atoms with van der Waals surface area (Å²) in [6, 6.07) is 60.2. The Bertz CT molecular complexity index is 2720. The van der Waals surface area contributed by atoms with E-state index in [2.05, 4.69) is 178 Å². The molecular formula is C48H33NS. The van der Waals surface area contributed by atoms with E-state index in [9.17, 15) is 0 Å². The molecule has 0 radical (unpaired) electrons. The van der Waals surface area contributed by atoms with Gasteiger partial charge in [0.1, 0.15) is 5.01 Å². The lowest BCUT2D eigenvalue weighted by Crippen LogP contribution is -2.14. The van der Waals surface area contributed by atoms with E-state index >= 15 is 0 Å². The number of thiazole rings is 1. The minimum absolute atomic E-state index is 0.0980. The number of rotatable bonds is 4. The fourth-order valence-corrected chi connectivity index (χ4v) is 9.20. The maximum atomic E-state index is 4.95. The summed E-state index contributed by atoms with van der Waals surface area (Å²) in [5.74, 6) is 0. The molecule has 8 aromatic carbocycles. The number of fused-ring (bicyclic) bond motifs is 6. The van der Waals surface area contributed by atoms with Crippen molar-refractivity contribution in [3.63, 3.8) is 0 Å². The van der Waals surface area contributed by atoms with Crippen molar-refractivity contribution in [1.29, 1.82) is 0 Å². The van der Waals surface area contributed by atoms with Crippen LogP contribution in [0.1, 0.15) is 25.0 Å². The van der Waals surface area contributed by atoms with Gasteiger partial charge in [-0.3, -0.25) is 0 Å². The van der Waals surface area contributed by atoms with E-state index in [1.165, 1.54) is 81.9 Å². The fraction of sp³-hybridized carbons (Fsp3) is 0.0625. The van der Waals surface area contributed by atoms with Gasteiger partial charge in [0.15, 0.2) is 0 Å². The zero-order valence-corrected chi connectivity index (χ0v) is 28.8. The van der Waals surface area contributed by atoms with Gasteiger partial charge < -0.3 is 0 Å². The standard InChI is InChI=1S/C48H33NS/c1-48(2)41-17-9-8-14-35(41)38-28-39-40(29-42(38)48)46(32-22-20-31(21-23-32)30-12-4-3-5-13-30)37-16-7-6-15-36(37)45(39)33-24-26-34(27-25-33)47-49-43-18-10-11-19-44(43)50-47/h3-29H,1-2H3. The van der Waals surface area contributed by atoms with Gasteiger partial charge in [0, 0.05) is 11.0 Å². The van der Waals surface area contributed by atoms with Crippen molar-refractivity contribution < 1.29 is 0 Å². The van der Waals surface area contributed by atoms with Crippen LogP contribution < -0.4 is 0 Å². The highest BCUT2D eigenvalue weighted by atomic mass is 32.1. The molecule has 1 aliphatic rings. The number of nitrogens with zero attached hydrogens (tertiary/aromatic N) is 1. The molecule has 0 amide bonds. The highest BCUT2D eigenvalue weighted by molar-refractivity contribution is 7.21. The second-order valence-electron chi connectivity index (χ2n) is 13.9. The molecule has 0 N–H and O–H groups in total. The van der Waals surface area contributed by atoms with Crippen molar-refractivity contribution in [2.75, 3.05) is 0 Å². The third-order valence-corrected chi connectivity index (χ3v) is 11.8. The van der Waals surface area contributed by atoms with Gasteiger partial charge in [-0.2, -0.15) is 0 Å². The average molecular weight is 656 g/mol. The highest BCUT2D eigenvalue weighted by Crippen LogP contribution is 2.53. The van der Waals surface area contributed by atoms with E-state index in [-0.39, 0.29) is 5.41 Å². The maximum absolute atomic E-state index is 4.95. The van der Waals surface area contributed by atoms with Crippen molar-refractivity contribution in [2.24, 2.45) is 0 Å². The van der Waals surface area contributed by atoms with Gasteiger partial charge in [-0.05, 0) is 101 Å². The summed E-state index contributed by atoms with van der Waals surface area (Å²) in [5.41, 5.74) is 15.0. The van der Waals surface area contributed by atoms with E-state index in [4.69, 9.17) is 4.98 Å². The summed E-state index contributed by atoms with van der Waals surface area (Å²) in [6.07, 6.45) is 0. The van der Waals surface area contributed by atoms with Gasteiger partial charge in [0.25, 0.3) is 0 Å². The smallest absolute Gasteiger partial charge is 0.124 e. The highest BCUT2D eigenvalue weighted by Gasteiger charge is 2.36. The Morgan fingerprint density at radius 2 is 0.960 bits per heavy atom. The van der Waals surface area contributed by atoms with E-state index < -0.39 is 0 Å². The number of hydrogen-bond donors (Lipinski definition) is 0. The Hall–Kier alpha value is -5.83. The van der Waals surface area contributed by atoms with Crippen LogP contribution in [0.5, 0.6) is 0 Å². The summed E-state index contributed by atoms with van der Waals surface area (Å²) >= 11 is 1.75. The minimum atomic E-state index is -0.0980. The summed E-state index contributed by atoms with van der Waals surface area (Å²) < 4.78 is 1.22. The molecule has 0 fully saturated rings. The molecule has 1 aromatic heterocycles. The molecule has 50 heavy (non-hydrogen) atoms. The van der Waals surface area contributed by atoms with Crippen molar-refractivity contribution in [2.45, 2.75) is 19.3 Å². The fourth-order valence-electron chi connectivity index (χ4n) is 8.23. The number of aromatic nitrogens is 1. The molecule has 10 rings (SSSR count). The predicted octanol–water partition coefficient (Wildman–Crippen LogP) is 13.6. The van der Waals surface area contributed by atoms with Crippen molar-refractivity contribution in [3.8, 4) is 55.1 Å². The number of benzene rings is 8. The van der Waals surface area contributed by atoms with Crippen LogP contribution in [0.2, 0.25) is 0 Å². The Morgan fingerprint density at radius 1 is 0.420 bits per heavy atom. The third-order valence-electron chi connectivity index (χ3n) is 10.7. The molecule has 9 aromatic rings. The SMILES string of the molecule is CC1(C)c2ccccc2-c2cc3c(-c4ccc(-c5nc6ccccc6s5)cc4)c4ccccc4c(-c4ccc(-c5ccccc5)cc4)c3cc21. The van der Waals surface area contributed by atoms with Crippen LogP contribution in [-0.4, -0.2) is 4.98 Å². The van der Waals surface area contributed by atoms with Crippen LogP contribution in [0.3, 0.4) is 0 Å². The van der Waals surface area contributed by atoms with Crippen LogP contribution >= 0.6 is 11.3 Å². The quantitative estimate of drug-likeness (QED) is 0.172. The third kappa shape index (κ3) is 4.42. The molecule has 236 valence electrons. The average Bonchev–Trinajstić information content (AvgIpc) is 3.70. The summed E-state index contributed by atoms with van der Waals surface area (Å²) in [5, 5.41) is 6.16. The molecule has 1 heterocycles. The zero-order valence-electron chi connectivity index (χ0n) is 27.9. The van der Waals surface area contributed by atoms with Gasteiger partial charge >= 0.3 is 0 Å². The van der Waals surface area contributed by atoms with Crippen LogP contribution in [0.4, 0.5) is 0 Å². The van der Waals surface area contributed by atoms with E-state index in [0.29, 0.717) is 0 Å². The maximum Gasteiger partial charge on any atom is 0.124 e. The number of para-hydroxylation sites is 1. The van der Waals surface area contributed by atoms with Gasteiger partial charge in [0.05, 0.1) is 10.2 Å². The summed E-state index contributed by atoms with van der Waals surface area (Å²) in [7, 11) is 0. The first-order valence-corrected chi connectivity index (χ1v) is 18.1. The molecule has 0 saturated heterocycles. The first kappa shape index (κ1) is 29.1. The molecule has 0 spiro atoms. The van der Waals surface area contributed by atoms with E-state index in [0.717, 1.165) is 16.1 Å². The molecular weight excluding hydrogens is 623 g/mol. The molecule has 2 heteroatoms. The molecule has 0 saturated carbocycles. The predicted molar refractivity (Wildman–Crippen MR) is 214 cm³/mol. The van der Waals surface area contributed by atoms with Crippen molar-refractivity contribution >= 4 is 43.1 Å². The Labute approximate surface area is 296 Å². The lowest BCUT2D eigenvalue weighted by molar-refractivity contribution is 0.661. The second kappa shape index (κ2) is 11.1. The topological polar surface area (TPSA) is 12.9 Å². The lowest BCUT2D eigenvalue weighted by Gasteiger charge is -2.24. The van der Waals surface area contributed by atoms with E-state index in [1.54, 1.807) is 11.3 Å². The lowest BCUT2D eigenvalue weighted by atomic mass is 9.79. The number of hydrogen-bond acceptors (Lipinski definition) is 2. The van der Waals surface area contributed by atoms with Gasteiger partial charge in [0.2, 0.25) is 0 Å². The Balaban J connectivity index is 1.24. The van der Waals surface area contributed by atoms with Crippen LogP contribution in [0.15, 0.2) is 164 Å². The zero-order chi connectivity index (χ0) is 33.4. The minimum Gasteiger partial charge on any atom is -0.236 e. The first-order chi connectivity index (χ1) is 24.5. The molecule has 0 bridgehead atoms. The first-order valence-electron chi connectivity index (χ1n) is 17.3. The van der Waals surface area contributed by atoms with Crippen LogP contribution in [0.25, 0.3) is 86.8 Å². The second-order valence-corrected chi connectivity index (χ2v) is 14.9. The normalized spacial score (nSPS) is 13.2. The van der Waals surface area contributed by atoms with E-state index in [1.807, 2.05) is 0 Å². The molecule has 1 nitrogen and oxygen atoms in total. The van der Waals surface area contributed by atoms with Crippen LogP contribution in [0, 0.1) is 0 Å². The largest absolute Gasteiger partial charge is 0.236 e. The van der Waals surface area contributed by atoms with Gasteiger partial charge in [-0.15, -0.1) is 11.3 Å². The molecule has 1 aliphatic carbocycles. The molecule has 0 atom stereocenters. The molecule has 0 unspecified atom stereocenters. The monoisotopic (exact) mass is 655 g/mol. The van der Waals surface area contributed by atoms with Crippen LogP contribution in [-0.2, 0) is 5.41 Å². The molecule has 0 aliphatic heterocycles. The van der Waals surface area contributed by atoms with Gasteiger partial charge in [-0.1, -0.05) is 153 Å². The van der Waals surface area contributed by atoms with Crippen molar-refractivity contribution in [3.05, 3.63) is 175 Å². The summed E-state index contributed by atoms with van der Waals surface area (Å²) in [4.78, 5) is 4.95. The van der Waals surface area contributed by atoms with Crippen molar-refractivity contribution in [1.82, 2.24) is 4.98 Å². The Morgan fingerprint density at radius 3 is 1.66 bits per heavy atom.